The number of esters is 1. The van der Waals surface area contributed by atoms with Crippen LogP contribution in [0.3, 0.4) is 0 Å². The number of nitrogens with zero attached hydrogens (tertiary/aromatic N) is 2. The first-order valence-electron chi connectivity index (χ1n) is 13.4. The lowest BCUT2D eigenvalue weighted by Crippen LogP contribution is -2.31. The molecule has 0 spiro atoms. The number of hydrogen-bond donors (Lipinski definition) is 4. The lowest BCUT2D eigenvalue weighted by atomic mass is 10.1. The summed E-state index contributed by atoms with van der Waals surface area (Å²) in [7, 11) is 1.27. The summed E-state index contributed by atoms with van der Waals surface area (Å²) >= 11 is 0. The van der Waals surface area contributed by atoms with Gasteiger partial charge in [0.25, 0.3) is 0 Å². The van der Waals surface area contributed by atoms with Gasteiger partial charge in [-0.1, -0.05) is 30.3 Å². The Morgan fingerprint density at radius 2 is 1.21 bits per heavy atom. The number of nitrogens with one attached hydrogen (secondary N) is 2. The van der Waals surface area contributed by atoms with Crippen molar-refractivity contribution in [3.8, 4) is 0 Å². The fourth-order valence-corrected chi connectivity index (χ4v) is 3.54. The summed E-state index contributed by atoms with van der Waals surface area (Å²) in [6.07, 6.45) is 3.93. The lowest BCUT2D eigenvalue weighted by molar-refractivity contribution is -0.166. The highest BCUT2D eigenvalue weighted by Crippen LogP contribution is 2.04. The van der Waals surface area contributed by atoms with E-state index in [1.54, 1.807) is 0 Å². The molecular weight excluding hydrogens is 508 g/mol. The molecule has 39 heavy (non-hydrogen) atoms. The molecular formula is C27H42N4O8. The molecule has 1 aromatic rings. The number of carbonyl (C=O) groups excluding carboxylic acids is 5. The quantitative estimate of drug-likeness (QED) is 0.0828. The molecule has 4 amide bonds. The highest BCUT2D eigenvalue weighted by Gasteiger charge is 2.14. The Bertz CT molecular complexity index is 897. The zero-order valence-corrected chi connectivity index (χ0v) is 22.7. The summed E-state index contributed by atoms with van der Waals surface area (Å²) in [4.78, 5) is 58.5. The fraction of sp³-hybridized carbons (Fsp3) is 0.593. The predicted molar refractivity (Wildman–Crippen MR) is 141 cm³/mol. The van der Waals surface area contributed by atoms with Gasteiger partial charge in [-0.05, 0) is 44.1 Å². The van der Waals surface area contributed by atoms with Gasteiger partial charge in [0, 0.05) is 45.4 Å². The van der Waals surface area contributed by atoms with Gasteiger partial charge in [0.05, 0.1) is 20.0 Å². The van der Waals surface area contributed by atoms with Crippen LogP contribution in [0.1, 0.15) is 69.8 Å². The van der Waals surface area contributed by atoms with Crippen molar-refractivity contribution < 1.29 is 39.1 Å². The molecule has 0 fully saturated rings. The van der Waals surface area contributed by atoms with Crippen LogP contribution in [0.4, 0.5) is 0 Å². The van der Waals surface area contributed by atoms with Gasteiger partial charge in [-0.3, -0.25) is 34.4 Å². The van der Waals surface area contributed by atoms with E-state index in [9.17, 15) is 34.4 Å². The Morgan fingerprint density at radius 1 is 0.692 bits per heavy atom. The van der Waals surface area contributed by atoms with Crippen molar-refractivity contribution in [2.75, 3.05) is 33.3 Å². The summed E-state index contributed by atoms with van der Waals surface area (Å²) in [5.74, 6) is -1.87. The van der Waals surface area contributed by atoms with Crippen LogP contribution in [-0.2, 0) is 35.1 Å². The second-order valence-electron chi connectivity index (χ2n) is 9.09. The zero-order valence-electron chi connectivity index (χ0n) is 22.7. The average Bonchev–Trinajstić information content (AvgIpc) is 2.94. The van der Waals surface area contributed by atoms with E-state index in [2.05, 4.69) is 15.4 Å². The SMILES string of the molecule is COC(=O)CCC(=O)NCCCCCN(O)C(=O)CCC(=O)NCCCCCN(O)C(=O)Cc1ccccc1. The molecule has 0 aliphatic carbocycles. The van der Waals surface area contributed by atoms with Crippen molar-refractivity contribution in [3.63, 3.8) is 0 Å². The van der Waals surface area contributed by atoms with Crippen molar-refractivity contribution in [1.82, 2.24) is 20.8 Å². The van der Waals surface area contributed by atoms with Crippen LogP contribution in [0, 0.1) is 0 Å². The Balaban J connectivity index is 2.01. The molecule has 218 valence electrons. The lowest BCUT2D eigenvalue weighted by Gasteiger charge is -2.15. The smallest absolute Gasteiger partial charge is 0.306 e. The van der Waals surface area contributed by atoms with Crippen LogP contribution in [0.2, 0.25) is 0 Å². The Hall–Kier alpha value is -3.51. The molecule has 0 radical (unpaired) electrons. The third kappa shape index (κ3) is 16.8. The van der Waals surface area contributed by atoms with Crippen LogP contribution in [0.25, 0.3) is 0 Å². The number of hydrogen-bond acceptors (Lipinski definition) is 8. The number of methoxy groups -OCH3 is 1. The monoisotopic (exact) mass is 550 g/mol. The van der Waals surface area contributed by atoms with Gasteiger partial charge in [-0.15, -0.1) is 0 Å². The minimum absolute atomic E-state index is 0.0323. The standard InChI is InChI=1S/C27H42N4O8/c1-39-27(36)16-14-24(33)29-18-7-3-9-19-30(37)25(34)15-13-23(32)28-17-8-4-10-20-31(38)26(35)21-22-11-5-2-6-12-22/h2,5-6,11-12,37-38H,3-4,7-10,13-21H2,1H3,(H,28,32)(H,29,33). The van der Waals surface area contributed by atoms with Crippen molar-refractivity contribution in [1.29, 1.82) is 0 Å². The highest BCUT2D eigenvalue weighted by molar-refractivity contribution is 5.83. The number of amides is 4. The maximum atomic E-state index is 12.0. The number of rotatable bonds is 20. The summed E-state index contributed by atoms with van der Waals surface area (Å²) in [5.41, 5.74) is 0.833. The molecule has 0 unspecified atom stereocenters. The van der Waals surface area contributed by atoms with Crippen molar-refractivity contribution in [2.24, 2.45) is 0 Å². The molecule has 0 saturated heterocycles. The van der Waals surface area contributed by atoms with Crippen molar-refractivity contribution in [2.45, 2.75) is 70.6 Å². The summed E-state index contributed by atoms with van der Waals surface area (Å²) in [5, 5.41) is 26.5. The predicted octanol–water partition coefficient (Wildman–Crippen LogP) is 1.97. The van der Waals surface area contributed by atoms with E-state index >= 15 is 0 Å². The summed E-state index contributed by atoms with van der Waals surface area (Å²) < 4.78 is 4.47. The molecule has 12 nitrogen and oxygen atoms in total. The number of unbranched alkanes of at least 4 members (excludes halogenated alkanes) is 4. The van der Waals surface area contributed by atoms with Crippen LogP contribution >= 0.6 is 0 Å². The fourth-order valence-electron chi connectivity index (χ4n) is 3.54. The van der Waals surface area contributed by atoms with E-state index in [-0.39, 0.29) is 62.9 Å². The third-order valence-corrected chi connectivity index (χ3v) is 5.86. The van der Waals surface area contributed by atoms with Gasteiger partial charge in [0.2, 0.25) is 23.6 Å². The van der Waals surface area contributed by atoms with Gasteiger partial charge >= 0.3 is 5.97 Å². The van der Waals surface area contributed by atoms with E-state index in [0.29, 0.717) is 56.7 Å². The molecule has 0 atom stereocenters. The van der Waals surface area contributed by atoms with Gasteiger partial charge in [0.15, 0.2) is 0 Å². The number of ether oxygens (including phenoxy) is 1. The normalized spacial score (nSPS) is 10.4. The van der Waals surface area contributed by atoms with Gasteiger partial charge in [-0.2, -0.15) is 0 Å². The van der Waals surface area contributed by atoms with Crippen molar-refractivity contribution >= 4 is 29.6 Å². The van der Waals surface area contributed by atoms with E-state index < -0.39 is 11.9 Å². The Kier molecular flexibility index (Phi) is 17.6. The van der Waals surface area contributed by atoms with E-state index in [1.807, 2.05) is 30.3 Å². The van der Waals surface area contributed by atoms with Crippen LogP contribution < -0.4 is 10.6 Å². The molecule has 0 aromatic heterocycles. The molecule has 0 heterocycles. The number of hydroxylamine groups is 4. The molecule has 0 bridgehead atoms. The summed E-state index contributed by atoms with van der Waals surface area (Å²) in [6.45, 7) is 1.20. The van der Waals surface area contributed by atoms with E-state index in [4.69, 9.17) is 0 Å². The molecule has 0 aliphatic rings. The highest BCUT2D eigenvalue weighted by atomic mass is 16.5. The molecule has 1 rings (SSSR count). The molecule has 4 N–H and O–H groups in total. The summed E-state index contributed by atoms with van der Waals surface area (Å²) in [6, 6.07) is 9.18. The first-order chi connectivity index (χ1) is 18.7. The Morgan fingerprint density at radius 3 is 1.74 bits per heavy atom. The minimum Gasteiger partial charge on any atom is -0.469 e. The molecule has 12 heteroatoms. The van der Waals surface area contributed by atoms with E-state index in [0.717, 1.165) is 10.6 Å². The van der Waals surface area contributed by atoms with Gasteiger partial charge in [0.1, 0.15) is 0 Å². The molecule has 1 aromatic carbocycles. The number of benzene rings is 1. The first kappa shape index (κ1) is 33.5. The first-order valence-corrected chi connectivity index (χ1v) is 13.4. The average molecular weight is 551 g/mol. The zero-order chi connectivity index (χ0) is 28.9. The minimum atomic E-state index is -0.538. The second kappa shape index (κ2) is 20.5. The van der Waals surface area contributed by atoms with E-state index in [1.165, 1.54) is 7.11 Å². The van der Waals surface area contributed by atoms with Gasteiger partial charge in [-0.25, -0.2) is 10.1 Å². The van der Waals surface area contributed by atoms with Crippen molar-refractivity contribution in [3.05, 3.63) is 35.9 Å². The van der Waals surface area contributed by atoms with Crippen LogP contribution in [-0.4, -0.2) is 83.4 Å². The van der Waals surface area contributed by atoms with Gasteiger partial charge < -0.3 is 15.4 Å². The topological polar surface area (TPSA) is 166 Å². The maximum absolute atomic E-state index is 12.0. The van der Waals surface area contributed by atoms with Crippen LogP contribution in [0.15, 0.2) is 30.3 Å². The second-order valence-corrected chi connectivity index (χ2v) is 9.09. The number of carbonyl (C=O) groups is 5. The molecule has 0 saturated carbocycles. The Labute approximate surface area is 229 Å². The largest absolute Gasteiger partial charge is 0.469 e. The third-order valence-electron chi connectivity index (χ3n) is 5.86. The van der Waals surface area contributed by atoms with Crippen LogP contribution in [0.5, 0.6) is 0 Å². The maximum Gasteiger partial charge on any atom is 0.306 e. The molecule has 0 aliphatic heterocycles.